The van der Waals surface area contributed by atoms with E-state index in [9.17, 15) is 4.79 Å². The Labute approximate surface area is 213 Å². The maximum atomic E-state index is 13.4. The van der Waals surface area contributed by atoms with E-state index in [0.29, 0.717) is 30.8 Å². The second-order valence-electron chi connectivity index (χ2n) is 9.54. The lowest BCUT2D eigenvalue weighted by Crippen LogP contribution is -2.35. The minimum Gasteiger partial charge on any atom is -0.338 e. The smallest absolute Gasteiger partial charge is 0.262 e. The second-order valence-corrected chi connectivity index (χ2v) is 10.6. The van der Waals surface area contributed by atoms with E-state index in [0.717, 1.165) is 40.6 Å². The zero-order valence-corrected chi connectivity index (χ0v) is 21.2. The molecule has 0 spiro atoms. The fraction of sp³-hybridized carbons (Fsp3) is 0.286. The van der Waals surface area contributed by atoms with Crippen molar-refractivity contribution in [3.8, 4) is 11.4 Å². The lowest BCUT2D eigenvalue weighted by Gasteiger charge is -2.30. The molecule has 0 bridgehead atoms. The van der Waals surface area contributed by atoms with Crippen LogP contribution in [0.5, 0.6) is 0 Å². The average Bonchev–Trinajstić information content (AvgIpc) is 3.52. The average molecular weight is 498 g/mol. The van der Waals surface area contributed by atoms with Gasteiger partial charge in [-0.15, -0.1) is 11.3 Å². The van der Waals surface area contributed by atoms with Crippen LogP contribution in [0.4, 0.5) is 0 Å². The Bertz CT molecular complexity index is 1570. The van der Waals surface area contributed by atoms with Gasteiger partial charge in [0.05, 0.1) is 24.8 Å². The van der Waals surface area contributed by atoms with Crippen molar-refractivity contribution >= 4 is 21.6 Å². The van der Waals surface area contributed by atoms with Gasteiger partial charge in [-0.1, -0.05) is 65.3 Å². The summed E-state index contributed by atoms with van der Waals surface area (Å²) in [5.74, 6) is 1.22. The number of fused-ring (bicyclic) bond motifs is 3. The molecule has 3 heterocycles. The summed E-state index contributed by atoms with van der Waals surface area (Å²) in [6.45, 7) is 3.19. The predicted molar refractivity (Wildman–Crippen MR) is 141 cm³/mol. The van der Waals surface area contributed by atoms with Crippen molar-refractivity contribution in [2.45, 2.75) is 45.3 Å². The van der Waals surface area contributed by atoms with Crippen LogP contribution in [0.15, 0.2) is 70.2 Å². The van der Waals surface area contributed by atoms with Crippen molar-refractivity contribution in [1.82, 2.24) is 24.6 Å². The minimum absolute atomic E-state index is 0.0594. The first-order chi connectivity index (χ1) is 17.5. The number of aryl methyl sites for hydroxylation is 2. The molecular formula is C28H27N5O2S. The zero-order chi connectivity index (χ0) is 24.6. The second kappa shape index (κ2) is 9.44. The van der Waals surface area contributed by atoms with Crippen molar-refractivity contribution in [2.75, 3.05) is 7.05 Å². The standard InChI is InChI=1S/C28H27N5O2S/c1-18-8-10-19(11-9-18)15-33-17-29-27-25(28(33)34)22-13-12-21(14-23(22)36-27)32(2)16-24-30-26(31-35-24)20-6-4-3-5-7-20/h3-11,17,21H,12-16H2,1-2H3. The van der Waals surface area contributed by atoms with Crippen LogP contribution in [0.25, 0.3) is 21.6 Å². The lowest BCUT2D eigenvalue weighted by molar-refractivity contribution is 0.189. The molecule has 0 saturated carbocycles. The third kappa shape index (κ3) is 4.38. The molecule has 182 valence electrons. The fourth-order valence-electron chi connectivity index (χ4n) is 4.93. The molecule has 0 saturated heterocycles. The van der Waals surface area contributed by atoms with Gasteiger partial charge in [-0.25, -0.2) is 4.98 Å². The van der Waals surface area contributed by atoms with Gasteiger partial charge in [0, 0.05) is 16.5 Å². The molecule has 0 fully saturated rings. The molecule has 2 aromatic carbocycles. The molecule has 3 aromatic heterocycles. The molecule has 1 aliphatic carbocycles. The van der Waals surface area contributed by atoms with Gasteiger partial charge in [-0.2, -0.15) is 4.98 Å². The Morgan fingerprint density at radius 1 is 1.14 bits per heavy atom. The number of rotatable bonds is 6. The van der Waals surface area contributed by atoms with E-state index < -0.39 is 0 Å². The zero-order valence-electron chi connectivity index (χ0n) is 20.3. The summed E-state index contributed by atoms with van der Waals surface area (Å²) in [5.41, 5.74) is 4.50. The molecule has 1 aliphatic rings. The summed E-state index contributed by atoms with van der Waals surface area (Å²) in [7, 11) is 2.10. The van der Waals surface area contributed by atoms with E-state index in [1.165, 1.54) is 16.0 Å². The van der Waals surface area contributed by atoms with E-state index >= 15 is 0 Å². The molecule has 6 rings (SSSR count). The van der Waals surface area contributed by atoms with E-state index in [4.69, 9.17) is 4.52 Å². The van der Waals surface area contributed by atoms with Crippen molar-refractivity contribution < 1.29 is 4.52 Å². The number of nitrogens with zero attached hydrogens (tertiary/aromatic N) is 5. The summed E-state index contributed by atoms with van der Waals surface area (Å²) < 4.78 is 7.26. The van der Waals surface area contributed by atoms with Gasteiger partial charge < -0.3 is 4.52 Å². The van der Waals surface area contributed by atoms with E-state index in [1.807, 2.05) is 30.3 Å². The van der Waals surface area contributed by atoms with E-state index in [2.05, 4.69) is 58.3 Å². The SMILES string of the molecule is Cc1ccc(Cn2cnc3sc4c(c3c2=O)CCC(N(C)Cc2nc(-c3ccccc3)no2)C4)cc1. The first-order valence-electron chi connectivity index (χ1n) is 12.2. The first kappa shape index (κ1) is 22.8. The van der Waals surface area contributed by atoms with Crippen LogP contribution in [0.2, 0.25) is 0 Å². The van der Waals surface area contributed by atoms with Gasteiger partial charge in [-0.3, -0.25) is 14.3 Å². The Morgan fingerprint density at radius 3 is 2.75 bits per heavy atom. The van der Waals surface area contributed by atoms with Crippen LogP contribution in [-0.2, 0) is 25.9 Å². The van der Waals surface area contributed by atoms with Gasteiger partial charge in [0.25, 0.3) is 5.56 Å². The summed E-state index contributed by atoms with van der Waals surface area (Å²) >= 11 is 1.66. The number of likely N-dealkylation sites (N-methyl/N-ethyl adjacent to an activating group) is 1. The quantitative estimate of drug-likeness (QED) is 0.334. The number of benzene rings is 2. The Morgan fingerprint density at radius 2 is 1.94 bits per heavy atom. The Kier molecular flexibility index (Phi) is 5.99. The monoisotopic (exact) mass is 497 g/mol. The highest BCUT2D eigenvalue weighted by Crippen LogP contribution is 2.35. The summed E-state index contributed by atoms with van der Waals surface area (Å²) in [4.78, 5) is 27.0. The number of aromatic nitrogens is 4. The highest BCUT2D eigenvalue weighted by Gasteiger charge is 2.28. The molecule has 8 heteroatoms. The highest BCUT2D eigenvalue weighted by atomic mass is 32.1. The fourth-order valence-corrected chi connectivity index (χ4v) is 6.18. The van der Waals surface area contributed by atoms with Gasteiger partial charge in [0.1, 0.15) is 4.83 Å². The van der Waals surface area contributed by atoms with Crippen molar-refractivity contribution in [3.05, 3.63) is 98.7 Å². The van der Waals surface area contributed by atoms with Crippen molar-refractivity contribution in [2.24, 2.45) is 0 Å². The molecule has 0 radical (unpaired) electrons. The van der Waals surface area contributed by atoms with Crippen molar-refractivity contribution in [3.63, 3.8) is 0 Å². The minimum atomic E-state index is 0.0594. The van der Waals surface area contributed by atoms with Crippen LogP contribution in [-0.4, -0.2) is 37.7 Å². The van der Waals surface area contributed by atoms with Gasteiger partial charge in [0.2, 0.25) is 11.7 Å². The predicted octanol–water partition coefficient (Wildman–Crippen LogP) is 4.85. The molecule has 1 unspecified atom stereocenters. The molecular weight excluding hydrogens is 470 g/mol. The van der Waals surface area contributed by atoms with Crippen LogP contribution in [0.1, 0.15) is 33.9 Å². The summed E-state index contributed by atoms with van der Waals surface area (Å²) in [6.07, 6.45) is 4.43. The van der Waals surface area contributed by atoms with Crippen LogP contribution in [0, 0.1) is 6.92 Å². The lowest BCUT2D eigenvalue weighted by atomic mass is 9.92. The molecule has 1 atom stereocenters. The topological polar surface area (TPSA) is 77.1 Å². The van der Waals surface area contributed by atoms with Gasteiger partial charge in [-0.05, 0) is 44.4 Å². The molecule has 0 amide bonds. The molecule has 5 aromatic rings. The third-order valence-electron chi connectivity index (χ3n) is 6.99. The molecule has 0 N–H and O–H groups in total. The normalized spacial score (nSPS) is 15.5. The first-order valence-corrected chi connectivity index (χ1v) is 13.0. The third-order valence-corrected chi connectivity index (χ3v) is 8.15. The highest BCUT2D eigenvalue weighted by molar-refractivity contribution is 7.18. The van der Waals surface area contributed by atoms with Gasteiger partial charge >= 0.3 is 0 Å². The maximum absolute atomic E-state index is 13.4. The van der Waals surface area contributed by atoms with E-state index in [1.54, 1.807) is 22.2 Å². The molecule has 0 aliphatic heterocycles. The maximum Gasteiger partial charge on any atom is 0.262 e. The van der Waals surface area contributed by atoms with E-state index in [-0.39, 0.29) is 5.56 Å². The summed E-state index contributed by atoms with van der Waals surface area (Å²) in [6, 6.07) is 18.5. The van der Waals surface area contributed by atoms with Crippen LogP contribution in [0.3, 0.4) is 0 Å². The molecule has 7 nitrogen and oxygen atoms in total. The van der Waals surface area contributed by atoms with Crippen LogP contribution < -0.4 is 5.56 Å². The molecule has 36 heavy (non-hydrogen) atoms. The van der Waals surface area contributed by atoms with Crippen LogP contribution >= 0.6 is 11.3 Å². The number of thiophene rings is 1. The number of hydrogen-bond acceptors (Lipinski definition) is 7. The Balaban J connectivity index is 1.19. The van der Waals surface area contributed by atoms with Crippen molar-refractivity contribution in [1.29, 1.82) is 0 Å². The number of hydrogen-bond donors (Lipinski definition) is 0. The largest absolute Gasteiger partial charge is 0.338 e. The Hall–Kier alpha value is -3.62. The summed E-state index contributed by atoms with van der Waals surface area (Å²) in [5, 5.41) is 4.95. The van der Waals surface area contributed by atoms with Gasteiger partial charge in [0.15, 0.2) is 0 Å².